The molecule has 0 N–H and O–H groups in total. The first-order chi connectivity index (χ1) is 15.3. The van der Waals surface area contributed by atoms with Crippen molar-refractivity contribution in [3.8, 4) is 11.8 Å². The standard InChI is InChI=1S/C28H30F4/c1-2-3-4-5-19-8-13-24-22(16-19)11-12-23-17-20(9-14-25(23)24)6-7-21-10-15-26(27(29)18-21)28(30,31)32/h9-10,14-15,17-19,22,24H,2-5,8,11-13,16H2,1H3/t19-,22-,24+/m1/s1. The summed E-state index contributed by atoms with van der Waals surface area (Å²) in [5.74, 6) is 6.86. The number of aryl methyl sites for hydroxylation is 1. The number of rotatable bonds is 4. The highest BCUT2D eigenvalue weighted by molar-refractivity contribution is 5.48. The van der Waals surface area contributed by atoms with Crippen LogP contribution in [-0.2, 0) is 12.6 Å². The van der Waals surface area contributed by atoms with Crippen LogP contribution < -0.4 is 0 Å². The first-order valence-corrected chi connectivity index (χ1v) is 11.9. The van der Waals surface area contributed by atoms with E-state index in [1.807, 2.05) is 6.07 Å². The first kappa shape index (κ1) is 22.9. The van der Waals surface area contributed by atoms with Crippen molar-refractivity contribution >= 4 is 0 Å². The van der Waals surface area contributed by atoms with E-state index in [2.05, 4.69) is 30.9 Å². The second-order valence-electron chi connectivity index (χ2n) is 9.44. The van der Waals surface area contributed by atoms with Gasteiger partial charge < -0.3 is 0 Å². The lowest BCUT2D eigenvalue weighted by Gasteiger charge is -2.40. The van der Waals surface area contributed by atoms with Crippen LogP contribution in [-0.4, -0.2) is 0 Å². The van der Waals surface area contributed by atoms with Gasteiger partial charge in [0.05, 0.1) is 5.56 Å². The van der Waals surface area contributed by atoms with E-state index in [-0.39, 0.29) is 5.56 Å². The van der Waals surface area contributed by atoms with Crippen LogP contribution >= 0.6 is 0 Å². The molecule has 0 aromatic heterocycles. The molecule has 0 bridgehead atoms. The number of alkyl halides is 3. The van der Waals surface area contributed by atoms with Gasteiger partial charge in [-0.3, -0.25) is 0 Å². The quantitative estimate of drug-likeness (QED) is 0.254. The van der Waals surface area contributed by atoms with Crippen molar-refractivity contribution in [3.05, 3.63) is 70.0 Å². The smallest absolute Gasteiger partial charge is 0.206 e. The summed E-state index contributed by atoms with van der Waals surface area (Å²) in [6.45, 7) is 2.26. The monoisotopic (exact) mass is 442 g/mol. The summed E-state index contributed by atoms with van der Waals surface area (Å²) in [5.41, 5.74) is 2.62. The second-order valence-corrected chi connectivity index (χ2v) is 9.44. The molecule has 2 aliphatic rings. The summed E-state index contributed by atoms with van der Waals surface area (Å²) in [4.78, 5) is 0. The molecule has 1 fully saturated rings. The number of hydrogen-bond acceptors (Lipinski definition) is 0. The maximum Gasteiger partial charge on any atom is 0.419 e. The third kappa shape index (κ3) is 5.20. The molecule has 3 atom stereocenters. The molecule has 0 radical (unpaired) electrons. The summed E-state index contributed by atoms with van der Waals surface area (Å²) in [6, 6.07) is 9.15. The first-order valence-electron chi connectivity index (χ1n) is 11.9. The molecular formula is C28H30F4. The number of unbranched alkanes of at least 4 members (excludes halogenated alkanes) is 2. The van der Waals surface area contributed by atoms with E-state index in [0.29, 0.717) is 5.92 Å². The summed E-state index contributed by atoms with van der Waals surface area (Å²) in [5, 5.41) is 0. The van der Waals surface area contributed by atoms with Gasteiger partial charge in [-0.15, -0.1) is 0 Å². The predicted octanol–water partition coefficient (Wildman–Crippen LogP) is 8.27. The van der Waals surface area contributed by atoms with Gasteiger partial charge in [0.1, 0.15) is 5.82 Å². The van der Waals surface area contributed by atoms with Crippen LogP contribution in [0.15, 0.2) is 36.4 Å². The van der Waals surface area contributed by atoms with Crippen LogP contribution in [0.5, 0.6) is 0 Å². The van der Waals surface area contributed by atoms with E-state index < -0.39 is 17.6 Å². The minimum atomic E-state index is -4.69. The molecule has 2 aliphatic carbocycles. The lowest BCUT2D eigenvalue weighted by molar-refractivity contribution is -0.140. The Morgan fingerprint density at radius 3 is 2.41 bits per heavy atom. The van der Waals surface area contributed by atoms with Crippen molar-refractivity contribution in [2.24, 2.45) is 11.8 Å². The Balaban J connectivity index is 1.45. The van der Waals surface area contributed by atoms with E-state index in [1.165, 1.54) is 68.6 Å². The fraction of sp³-hybridized carbons (Fsp3) is 0.500. The number of fused-ring (bicyclic) bond motifs is 3. The van der Waals surface area contributed by atoms with Gasteiger partial charge in [0, 0.05) is 11.1 Å². The topological polar surface area (TPSA) is 0 Å². The van der Waals surface area contributed by atoms with Crippen molar-refractivity contribution in [2.75, 3.05) is 0 Å². The molecular weight excluding hydrogens is 412 g/mol. The lowest BCUT2D eigenvalue weighted by Crippen LogP contribution is -2.28. The number of halogens is 4. The highest BCUT2D eigenvalue weighted by Gasteiger charge is 2.35. The van der Waals surface area contributed by atoms with E-state index in [0.717, 1.165) is 36.0 Å². The molecule has 32 heavy (non-hydrogen) atoms. The number of benzene rings is 2. The minimum Gasteiger partial charge on any atom is -0.206 e. The Kier molecular flexibility index (Phi) is 6.93. The molecule has 0 heterocycles. The molecule has 0 saturated heterocycles. The Morgan fingerprint density at radius 2 is 1.69 bits per heavy atom. The largest absolute Gasteiger partial charge is 0.419 e. The number of hydrogen-bond donors (Lipinski definition) is 0. The van der Waals surface area contributed by atoms with Gasteiger partial charge in [0.15, 0.2) is 0 Å². The molecule has 0 spiro atoms. The van der Waals surface area contributed by atoms with E-state index in [4.69, 9.17) is 0 Å². The molecule has 0 unspecified atom stereocenters. The van der Waals surface area contributed by atoms with Gasteiger partial charge >= 0.3 is 6.18 Å². The lowest BCUT2D eigenvalue weighted by atomic mass is 9.64. The molecule has 0 aliphatic heterocycles. The van der Waals surface area contributed by atoms with Crippen LogP contribution in [0.25, 0.3) is 0 Å². The van der Waals surface area contributed by atoms with E-state index in [9.17, 15) is 17.6 Å². The molecule has 170 valence electrons. The maximum atomic E-state index is 13.8. The zero-order chi connectivity index (χ0) is 22.7. The zero-order valence-corrected chi connectivity index (χ0v) is 18.6. The van der Waals surface area contributed by atoms with Crippen LogP contribution in [0.2, 0.25) is 0 Å². The predicted molar refractivity (Wildman–Crippen MR) is 120 cm³/mol. The van der Waals surface area contributed by atoms with Gasteiger partial charge in [-0.05, 0) is 91.3 Å². The second kappa shape index (κ2) is 9.69. The van der Waals surface area contributed by atoms with Gasteiger partial charge in [0.25, 0.3) is 0 Å². The Hall–Kier alpha value is -2.28. The highest BCUT2D eigenvalue weighted by atomic mass is 19.4. The van der Waals surface area contributed by atoms with Crippen molar-refractivity contribution in [2.45, 2.75) is 76.8 Å². The third-order valence-corrected chi connectivity index (χ3v) is 7.26. The minimum absolute atomic E-state index is 0.245. The van der Waals surface area contributed by atoms with Crippen molar-refractivity contribution in [1.29, 1.82) is 0 Å². The Morgan fingerprint density at radius 1 is 0.938 bits per heavy atom. The molecule has 0 nitrogen and oxygen atoms in total. The highest BCUT2D eigenvalue weighted by Crippen LogP contribution is 2.48. The molecule has 0 amide bonds. The summed E-state index contributed by atoms with van der Waals surface area (Å²) in [6.07, 6.45) is 6.90. The van der Waals surface area contributed by atoms with E-state index >= 15 is 0 Å². The Labute approximate surface area is 188 Å². The molecule has 2 aromatic rings. The van der Waals surface area contributed by atoms with Crippen LogP contribution in [0.1, 0.15) is 92.0 Å². The average Bonchev–Trinajstić information content (AvgIpc) is 2.76. The fourth-order valence-electron chi connectivity index (χ4n) is 5.60. The molecule has 4 heteroatoms. The van der Waals surface area contributed by atoms with Crippen LogP contribution in [0.3, 0.4) is 0 Å². The normalized spacial score (nSPS) is 22.5. The summed E-state index contributed by atoms with van der Waals surface area (Å²) >= 11 is 0. The Bertz CT molecular complexity index is 1010. The zero-order valence-electron chi connectivity index (χ0n) is 18.6. The third-order valence-electron chi connectivity index (χ3n) is 7.26. The average molecular weight is 443 g/mol. The molecule has 1 saturated carbocycles. The van der Waals surface area contributed by atoms with Gasteiger partial charge in [-0.2, -0.15) is 13.2 Å². The van der Waals surface area contributed by atoms with Gasteiger partial charge in [-0.1, -0.05) is 50.5 Å². The fourth-order valence-corrected chi connectivity index (χ4v) is 5.60. The SMILES string of the molecule is CCCCC[C@@H]1CC[C@@H]2c3ccc(C#Cc4ccc(C(F)(F)F)c(F)c4)cc3CC[C@@H]2C1. The van der Waals surface area contributed by atoms with Gasteiger partial charge in [-0.25, -0.2) is 4.39 Å². The maximum absolute atomic E-state index is 13.8. The van der Waals surface area contributed by atoms with Crippen molar-refractivity contribution in [1.82, 2.24) is 0 Å². The summed E-state index contributed by atoms with van der Waals surface area (Å²) < 4.78 is 52.0. The van der Waals surface area contributed by atoms with Crippen molar-refractivity contribution < 1.29 is 17.6 Å². The van der Waals surface area contributed by atoms with Crippen molar-refractivity contribution in [3.63, 3.8) is 0 Å². The molecule has 4 rings (SSSR count). The van der Waals surface area contributed by atoms with Crippen LogP contribution in [0, 0.1) is 29.5 Å². The summed E-state index contributed by atoms with van der Waals surface area (Å²) in [7, 11) is 0. The van der Waals surface area contributed by atoms with E-state index in [1.54, 1.807) is 0 Å². The molecule has 2 aromatic carbocycles. The van der Waals surface area contributed by atoms with Gasteiger partial charge in [0.2, 0.25) is 0 Å². The van der Waals surface area contributed by atoms with Crippen LogP contribution in [0.4, 0.5) is 17.6 Å².